The lowest BCUT2D eigenvalue weighted by molar-refractivity contribution is 0.557. The average Bonchev–Trinajstić information content (AvgIpc) is 2.37. The first-order chi connectivity index (χ1) is 8.93. The van der Waals surface area contributed by atoms with Gasteiger partial charge in [-0.3, -0.25) is 0 Å². The maximum Gasteiger partial charge on any atom is 0.128 e. The molecular formula is C15H26ClN3. The van der Waals surface area contributed by atoms with Crippen molar-refractivity contribution in [2.45, 2.75) is 46.7 Å². The Balaban J connectivity index is 2.77. The molecule has 0 bridgehead atoms. The fraction of sp³-hybridized carbons (Fsp3) is 0.667. The highest BCUT2D eigenvalue weighted by Gasteiger charge is 2.10. The molecule has 1 heterocycles. The number of nitrogens with one attached hydrogen (secondary N) is 1. The van der Waals surface area contributed by atoms with Crippen molar-refractivity contribution in [3.05, 3.63) is 22.8 Å². The van der Waals surface area contributed by atoms with Crippen molar-refractivity contribution in [2.24, 2.45) is 5.92 Å². The van der Waals surface area contributed by atoms with Gasteiger partial charge in [0, 0.05) is 32.4 Å². The number of pyridine rings is 1. The molecule has 0 aliphatic rings. The van der Waals surface area contributed by atoms with Crippen molar-refractivity contribution in [1.29, 1.82) is 0 Å². The molecule has 0 aliphatic carbocycles. The Morgan fingerprint density at radius 2 is 2.05 bits per heavy atom. The highest BCUT2D eigenvalue weighted by Crippen LogP contribution is 2.20. The van der Waals surface area contributed by atoms with Gasteiger partial charge in [-0.1, -0.05) is 45.7 Å². The molecule has 108 valence electrons. The summed E-state index contributed by atoms with van der Waals surface area (Å²) in [6.45, 7) is 10.5. The zero-order valence-corrected chi connectivity index (χ0v) is 13.5. The molecule has 1 unspecified atom stereocenters. The van der Waals surface area contributed by atoms with Gasteiger partial charge in [-0.2, -0.15) is 0 Å². The van der Waals surface area contributed by atoms with Gasteiger partial charge in [-0.05, 0) is 17.5 Å². The summed E-state index contributed by atoms with van der Waals surface area (Å²) in [4.78, 5) is 6.62. The van der Waals surface area contributed by atoms with Gasteiger partial charge < -0.3 is 10.2 Å². The van der Waals surface area contributed by atoms with E-state index in [0.717, 1.165) is 29.5 Å². The van der Waals surface area contributed by atoms with Crippen LogP contribution in [0.15, 0.2) is 12.3 Å². The fourth-order valence-corrected chi connectivity index (χ4v) is 1.99. The molecule has 0 amide bonds. The number of rotatable bonds is 7. The molecule has 1 aromatic rings. The summed E-state index contributed by atoms with van der Waals surface area (Å²) in [5.74, 6) is 1.66. The van der Waals surface area contributed by atoms with Crippen LogP contribution >= 0.6 is 11.6 Å². The Labute approximate surface area is 122 Å². The second-order valence-corrected chi connectivity index (χ2v) is 5.97. The van der Waals surface area contributed by atoms with Gasteiger partial charge in [-0.25, -0.2) is 4.98 Å². The largest absolute Gasteiger partial charge is 0.359 e. The van der Waals surface area contributed by atoms with Crippen LogP contribution in [-0.4, -0.2) is 24.6 Å². The van der Waals surface area contributed by atoms with E-state index < -0.39 is 0 Å². The van der Waals surface area contributed by atoms with Crippen molar-refractivity contribution in [3.63, 3.8) is 0 Å². The number of hydrogen-bond acceptors (Lipinski definition) is 3. The Bertz CT molecular complexity index is 393. The first-order valence-electron chi connectivity index (χ1n) is 7.03. The fourth-order valence-electron chi connectivity index (χ4n) is 1.82. The lowest BCUT2D eigenvalue weighted by Crippen LogP contribution is -2.25. The Hall–Kier alpha value is -0.800. The van der Waals surface area contributed by atoms with Crippen LogP contribution in [0.25, 0.3) is 0 Å². The lowest BCUT2D eigenvalue weighted by Gasteiger charge is -2.22. The van der Waals surface area contributed by atoms with Gasteiger partial charge in [0.05, 0.1) is 5.02 Å². The first kappa shape index (κ1) is 16.3. The third-order valence-corrected chi connectivity index (χ3v) is 3.63. The van der Waals surface area contributed by atoms with Crippen molar-refractivity contribution >= 4 is 17.4 Å². The Kier molecular flexibility index (Phi) is 6.59. The maximum absolute atomic E-state index is 6.20. The standard InChI is InChI=1S/C15H26ClN3/c1-6-12(4)10-19(5)15-7-13(8-17-11(2)3)14(16)9-18-15/h7,9,11-12,17H,6,8,10H2,1-5H3. The van der Waals surface area contributed by atoms with Gasteiger partial charge in [0.2, 0.25) is 0 Å². The van der Waals surface area contributed by atoms with E-state index in [1.165, 1.54) is 6.42 Å². The minimum atomic E-state index is 0.450. The van der Waals surface area contributed by atoms with E-state index in [-0.39, 0.29) is 0 Å². The monoisotopic (exact) mass is 283 g/mol. The molecule has 1 aromatic heterocycles. The third kappa shape index (κ3) is 5.37. The van der Waals surface area contributed by atoms with E-state index in [2.05, 4.69) is 56.0 Å². The SMILES string of the molecule is CCC(C)CN(C)c1cc(CNC(C)C)c(Cl)cn1. The van der Waals surface area contributed by atoms with Crippen LogP contribution in [0.3, 0.4) is 0 Å². The van der Waals surface area contributed by atoms with Crippen LogP contribution in [-0.2, 0) is 6.54 Å². The normalized spacial score (nSPS) is 12.8. The summed E-state index contributed by atoms with van der Waals surface area (Å²) in [6, 6.07) is 2.53. The number of halogens is 1. The van der Waals surface area contributed by atoms with Crippen LogP contribution in [0.5, 0.6) is 0 Å². The zero-order chi connectivity index (χ0) is 14.4. The molecule has 0 spiro atoms. The van der Waals surface area contributed by atoms with Gasteiger partial charge in [0.25, 0.3) is 0 Å². The van der Waals surface area contributed by atoms with Gasteiger partial charge >= 0.3 is 0 Å². The molecule has 0 aromatic carbocycles. The third-order valence-electron chi connectivity index (χ3n) is 3.29. The molecule has 4 heteroatoms. The molecule has 19 heavy (non-hydrogen) atoms. The minimum Gasteiger partial charge on any atom is -0.359 e. The number of anilines is 1. The summed E-state index contributed by atoms with van der Waals surface area (Å²) in [6.07, 6.45) is 2.93. The summed E-state index contributed by atoms with van der Waals surface area (Å²) in [5, 5.41) is 4.12. The second kappa shape index (κ2) is 7.71. The summed E-state index contributed by atoms with van der Waals surface area (Å²) in [5.41, 5.74) is 1.11. The highest BCUT2D eigenvalue weighted by atomic mass is 35.5. The molecule has 3 nitrogen and oxygen atoms in total. The van der Waals surface area contributed by atoms with Crippen molar-refractivity contribution < 1.29 is 0 Å². The Morgan fingerprint density at radius 1 is 1.37 bits per heavy atom. The lowest BCUT2D eigenvalue weighted by atomic mass is 10.1. The van der Waals surface area contributed by atoms with Crippen LogP contribution in [0.4, 0.5) is 5.82 Å². The van der Waals surface area contributed by atoms with Crippen molar-refractivity contribution in [2.75, 3.05) is 18.5 Å². The summed E-state index contributed by atoms with van der Waals surface area (Å²) < 4.78 is 0. The van der Waals surface area contributed by atoms with E-state index in [4.69, 9.17) is 11.6 Å². The number of nitrogens with zero attached hydrogens (tertiary/aromatic N) is 2. The summed E-state index contributed by atoms with van der Waals surface area (Å²) >= 11 is 6.20. The second-order valence-electron chi connectivity index (χ2n) is 5.56. The minimum absolute atomic E-state index is 0.450. The van der Waals surface area contributed by atoms with Crippen molar-refractivity contribution in [1.82, 2.24) is 10.3 Å². The van der Waals surface area contributed by atoms with E-state index in [9.17, 15) is 0 Å². The molecule has 0 fully saturated rings. The van der Waals surface area contributed by atoms with Gasteiger partial charge in [-0.15, -0.1) is 0 Å². The molecule has 0 saturated heterocycles. The van der Waals surface area contributed by atoms with Crippen LogP contribution in [0.1, 0.15) is 39.7 Å². The predicted molar refractivity (Wildman–Crippen MR) is 83.9 cm³/mol. The maximum atomic E-state index is 6.20. The van der Waals surface area contributed by atoms with Crippen LogP contribution in [0.2, 0.25) is 5.02 Å². The molecule has 1 rings (SSSR count). The molecule has 0 saturated carbocycles. The summed E-state index contributed by atoms with van der Waals surface area (Å²) in [7, 11) is 2.09. The smallest absolute Gasteiger partial charge is 0.128 e. The molecule has 1 N–H and O–H groups in total. The van der Waals surface area contributed by atoms with Gasteiger partial charge in [0.15, 0.2) is 0 Å². The van der Waals surface area contributed by atoms with E-state index >= 15 is 0 Å². The topological polar surface area (TPSA) is 28.2 Å². The predicted octanol–water partition coefficient (Wildman–Crippen LogP) is 3.72. The molecule has 1 atom stereocenters. The van der Waals surface area contributed by atoms with E-state index in [0.29, 0.717) is 12.0 Å². The highest BCUT2D eigenvalue weighted by molar-refractivity contribution is 6.31. The Morgan fingerprint density at radius 3 is 2.63 bits per heavy atom. The molecular weight excluding hydrogens is 258 g/mol. The number of hydrogen-bond donors (Lipinski definition) is 1. The first-order valence-corrected chi connectivity index (χ1v) is 7.40. The van der Waals surface area contributed by atoms with Crippen LogP contribution in [0, 0.1) is 5.92 Å². The van der Waals surface area contributed by atoms with Gasteiger partial charge in [0.1, 0.15) is 5.82 Å². The van der Waals surface area contributed by atoms with Crippen molar-refractivity contribution in [3.8, 4) is 0 Å². The molecule has 0 radical (unpaired) electrons. The van der Waals surface area contributed by atoms with E-state index in [1.807, 2.05) is 0 Å². The zero-order valence-electron chi connectivity index (χ0n) is 12.7. The average molecular weight is 284 g/mol. The number of aromatic nitrogens is 1. The van der Waals surface area contributed by atoms with Crippen LogP contribution < -0.4 is 10.2 Å². The molecule has 0 aliphatic heterocycles. The quantitative estimate of drug-likeness (QED) is 0.827. The van der Waals surface area contributed by atoms with E-state index in [1.54, 1.807) is 6.20 Å².